The third-order valence-electron chi connectivity index (χ3n) is 5.24. The van der Waals surface area contributed by atoms with E-state index in [-0.39, 0.29) is 12.3 Å². The Morgan fingerprint density at radius 2 is 1.66 bits per heavy atom. The van der Waals surface area contributed by atoms with Crippen LogP contribution in [0.15, 0.2) is 60.8 Å². The fraction of sp³-hybridized carbons (Fsp3) is 0.200. The smallest absolute Gasteiger partial charge is 0.229 e. The van der Waals surface area contributed by atoms with Crippen molar-refractivity contribution in [3.05, 3.63) is 71.9 Å². The maximum absolute atomic E-state index is 13.1. The molecule has 7 nitrogen and oxygen atoms in total. The second-order valence-electron chi connectivity index (χ2n) is 7.32. The SMILES string of the molecule is COc1cc(CC(=O)Nc2c(-c3ccccc3)nc3c(C)cccn23)cc(OC)c1OC. The van der Waals surface area contributed by atoms with Gasteiger partial charge in [-0.2, -0.15) is 0 Å². The van der Waals surface area contributed by atoms with Gasteiger partial charge in [-0.3, -0.25) is 9.20 Å². The number of aromatic nitrogens is 2. The summed E-state index contributed by atoms with van der Waals surface area (Å²) >= 11 is 0. The lowest BCUT2D eigenvalue weighted by Crippen LogP contribution is -2.16. The standard InChI is InChI=1S/C25H25N3O4/c1-16-9-8-12-28-24(16)27-22(18-10-6-5-7-11-18)25(28)26-21(29)15-17-13-19(30-2)23(32-4)20(14-17)31-3/h5-14H,15H2,1-4H3,(H,26,29). The lowest BCUT2D eigenvalue weighted by Gasteiger charge is -2.14. The van der Waals surface area contributed by atoms with Gasteiger partial charge < -0.3 is 19.5 Å². The molecule has 1 N–H and O–H groups in total. The summed E-state index contributed by atoms with van der Waals surface area (Å²) < 4.78 is 18.1. The van der Waals surface area contributed by atoms with Crippen LogP contribution in [0.4, 0.5) is 5.82 Å². The molecule has 2 heterocycles. The number of carbonyl (C=O) groups excluding carboxylic acids is 1. The molecule has 0 fully saturated rings. The van der Waals surface area contributed by atoms with Crippen LogP contribution >= 0.6 is 0 Å². The summed E-state index contributed by atoms with van der Waals surface area (Å²) in [6, 6.07) is 17.3. The number of amides is 1. The Bertz CT molecular complexity index is 1240. The zero-order valence-corrected chi connectivity index (χ0v) is 18.5. The van der Waals surface area contributed by atoms with Crippen LogP contribution in [0, 0.1) is 6.92 Å². The molecule has 32 heavy (non-hydrogen) atoms. The first-order valence-corrected chi connectivity index (χ1v) is 10.2. The molecule has 7 heteroatoms. The van der Waals surface area contributed by atoms with Gasteiger partial charge in [0, 0.05) is 11.8 Å². The fourth-order valence-corrected chi connectivity index (χ4v) is 3.72. The third kappa shape index (κ3) is 3.97. The van der Waals surface area contributed by atoms with Crippen molar-refractivity contribution < 1.29 is 19.0 Å². The van der Waals surface area contributed by atoms with E-state index in [9.17, 15) is 4.79 Å². The number of benzene rings is 2. The Hall–Kier alpha value is -4.00. The van der Waals surface area contributed by atoms with E-state index in [1.54, 1.807) is 33.5 Å². The first-order chi connectivity index (χ1) is 15.5. The van der Waals surface area contributed by atoms with Gasteiger partial charge in [0.1, 0.15) is 17.2 Å². The quantitative estimate of drug-likeness (QED) is 0.466. The Labute approximate surface area is 186 Å². The number of nitrogens with zero attached hydrogens (tertiary/aromatic N) is 2. The number of hydrogen-bond donors (Lipinski definition) is 1. The van der Waals surface area contributed by atoms with E-state index in [1.165, 1.54) is 0 Å². The maximum atomic E-state index is 13.1. The molecule has 1 amide bonds. The average molecular weight is 431 g/mol. The predicted molar refractivity (Wildman–Crippen MR) is 124 cm³/mol. The summed E-state index contributed by atoms with van der Waals surface area (Å²) in [7, 11) is 4.65. The van der Waals surface area contributed by atoms with Crippen molar-refractivity contribution in [3.63, 3.8) is 0 Å². The molecule has 0 aliphatic rings. The summed E-state index contributed by atoms with van der Waals surface area (Å²) in [5, 5.41) is 3.06. The van der Waals surface area contributed by atoms with Gasteiger partial charge in [-0.25, -0.2) is 4.98 Å². The predicted octanol–water partition coefficient (Wildman–Crippen LogP) is 4.52. The van der Waals surface area contributed by atoms with Crippen molar-refractivity contribution >= 4 is 17.4 Å². The molecule has 0 aliphatic heterocycles. The van der Waals surface area contributed by atoms with E-state index in [1.807, 2.05) is 60.0 Å². The monoisotopic (exact) mass is 431 g/mol. The zero-order valence-electron chi connectivity index (χ0n) is 18.5. The molecular weight excluding hydrogens is 406 g/mol. The summed E-state index contributed by atoms with van der Waals surface area (Å²) in [5.41, 5.74) is 4.21. The lowest BCUT2D eigenvalue weighted by molar-refractivity contribution is -0.115. The van der Waals surface area contributed by atoms with Crippen LogP contribution in [0.3, 0.4) is 0 Å². The van der Waals surface area contributed by atoms with E-state index in [0.29, 0.717) is 23.1 Å². The van der Waals surface area contributed by atoms with Gasteiger partial charge in [-0.1, -0.05) is 36.4 Å². The molecular formula is C25H25N3O4. The molecule has 0 bridgehead atoms. The minimum Gasteiger partial charge on any atom is -0.493 e. The first kappa shape index (κ1) is 21.2. The molecule has 0 unspecified atom stereocenters. The van der Waals surface area contributed by atoms with Crippen LogP contribution in [0.25, 0.3) is 16.9 Å². The van der Waals surface area contributed by atoms with E-state index in [2.05, 4.69) is 5.32 Å². The number of anilines is 1. The van der Waals surface area contributed by atoms with Gasteiger partial charge >= 0.3 is 0 Å². The number of imidazole rings is 1. The number of aryl methyl sites for hydroxylation is 1. The van der Waals surface area contributed by atoms with Crippen molar-refractivity contribution in [1.82, 2.24) is 9.38 Å². The van der Waals surface area contributed by atoms with Crippen LogP contribution in [0.2, 0.25) is 0 Å². The van der Waals surface area contributed by atoms with Crippen molar-refractivity contribution in [1.29, 1.82) is 0 Å². The van der Waals surface area contributed by atoms with Gasteiger partial charge in [0.2, 0.25) is 11.7 Å². The molecule has 164 valence electrons. The Kier molecular flexibility index (Phi) is 5.98. The molecule has 0 spiro atoms. The van der Waals surface area contributed by atoms with Gasteiger partial charge in [0.05, 0.1) is 27.8 Å². The lowest BCUT2D eigenvalue weighted by atomic mass is 10.1. The van der Waals surface area contributed by atoms with E-state index < -0.39 is 0 Å². The van der Waals surface area contributed by atoms with Crippen LogP contribution in [-0.2, 0) is 11.2 Å². The van der Waals surface area contributed by atoms with Gasteiger partial charge in [0.25, 0.3) is 0 Å². The highest BCUT2D eigenvalue weighted by molar-refractivity contribution is 5.96. The molecule has 0 radical (unpaired) electrons. The summed E-state index contributed by atoms with van der Waals surface area (Å²) in [6.45, 7) is 2.00. The van der Waals surface area contributed by atoms with Crippen LogP contribution in [-0.4, -0.2) is 36.6 Å². The van der Waals surface area contributed by atoms with Gasteiger partial charge in [-0.15, -0.1) is 0 Å². The normalized spacial score (nSPS) is 10.8. The van der Waals surface area contributed by atoms with Crippen molar-refractivity contribution in [2.24, 2.45) is 0 Å². The molecule has 0 aliphatic carbocycles. The van der Waals surface area contributed by atoms with Crippen LogP contribution in [0.1, 0.15) is 11.1 Å². The average Bonchev–Trinajstić information content (AvgIpc) is 3.18. The Balaban J connectivity index is 1.70. The molecule has 4 aromatic rings. The van der Waals surface area contributed by atoms with Crippen molar-refractivity contribution in [3.8, 4) is 28.5 Å². The van der Waals surface area contributed by atoms with Crippen LogP contribution in [0.5, 0.6) is 17.2 Å². The number of methoxy groups -OCH3 is 3. The summed E-state index contributed by atoms with van der Waals surface area (Å²) in [5.74, 6) is 1.95. The molecule has 4 rings (SSSR count). The number of carbonyl (C=O) groups is 1. The second kappa shape index (κ2) is 9.01. The number of ether oxygens (including phenoxy) is 3. The molecule has 2 aromatic carbocycles. The molecule has 0 saturated heterocycles. The molecule has 2 aromatic heterocycles. The minimum atomic E-state index is -0.181. The fourth-order valence-electron chi connectivity index (χ4n) is 3.72. The molecule has 0 saturated carbocycles. The highest BCUT2D eigenvalue weighted by Gasteiger charge is 2.19. The highest BCUT2D eigenvalue weighted by atomic mass is 16.5. The van der Waals surface area contributed by atoms with Gasteiger partial charge in [-0.05, 0) is 36.2 Å². The number of pyridine rings is 1. The van der Waals surface area contributed by atoms with Gasteiger partial charge in [0.15, 0.2) is 11.5 Å². The minimum absolute atomic E-state index is 0.129. The van der Waals surface area contributed by atoms with E-state index >= 15 is 0 Å². The largest absolute Gasteiger partial charge is 0.493 e. The summed E-state index contributed by atoms with van der Waals surface area (Å²) in [4.78, 5) is 17.9. The number of rotatable bonds is 7. The number of fused-ring (bicyclic) bond motifs is 1. The van der Waals surface area contributed by atoms with Crippen LogP contribution < -0.4 is 19.5 Å². The zero-order chi connectivity index (χ0) is 22.7. The molecule has 0 atom stereocenters. The van der Waals surface area contributed by atoms with Crippen molar-refractivity contribution in [2.45, 2.75) is 13.3 Å². The topological polar surface area (TPSA) is 74.1 Å². The van der Waals surface area contributed by atoms with Crippen molar-refractivity contribution in [2.75, 3.05) is 26.6 Å². The second-order valence-corrected chi connectivity index (χ2v) is 7.32. The third-order valence-corrected chi connectivity index (χ3v) is 5.24. The van der Waals surface area contributed by atoms with E-state index in [4.69, 9.17) is 19.2 Å². The maximum Gasteiger partial charge on any atom is 0.229 e. The first-order valence-electron chi connectivity index (χ1n) is 10.2. The Morgan fingerprint density at radius 1 is 0.969 bits per heavy atom. The number of nitrogens with one attached hydrogen (secondary N) is 1. The number of hydrogen-bond acceptors (Lipinski definition) is 5. The summed E-state index contributed by atoms with van der Waals surface area (Å²) in [6.07, 6.45) is 2.03. The highest BCUT2D eigenvalue weighted by Crippen LogP contribution is 2.38. The van der Waals surface area contributed by atoms with E-state index in [0.717, 1.165) is 28.0 Å². The Morgan fingerprint density at radius 3 is 2.28 bits per heavy atom.